The first-order valence-electron chi connectivity index (χ1n) is 9.78. The molecule has 0 aromatic heterocycles. The summed E-state index contributed by atoms with van der Waals surface area (Å²) in [6.07, 6.45) is 3.18. The van der Waals surface area contributed by atoms with Crippen molar-refractivity contribution in [3.8, 4) is 5.75 Å². The van der Waals surface area contributed by atoms with Crippen LogP contribution in [0.4, 0.5) is 4.79 Å². The van der Waals surface area contributed by atoms with E-state index in [4.69, 9.17) is 4.74 Å². The van der Waals surface area contributed by atoms with E-state index in [2.05, 4.69) is 19.2 Å². The molecule has 1 heterocycles. The number of methoxy groups -OCH3 is 1. The number of carbonyl (C=O) groups is 2. The molecule has 2 fully saturated rings. The van der Waals surface area contributed by atoms with Gasteiger partial charge in [0.15, 0.2) is 0 Å². The fourth-order valence-corrected chi connectivity index (χ4v) is 4.61. The maximum atomic E-state index is 12.9. The lowest BCUT2D eigenvalue weighted by Gasteiger charge is -2.28. The first kappa shape index (κ1) is 19.5. The molecule has 2 amide bonds. The fourth-order valence-electron chi connectivity index (χ4n) is 4.61. The van der Waals surface area contributed by atoms with Crippen LogP contribution in [0, 0.1) is 17.3 Å². The number of fused-ring (bicyclic) bond motifs is 1. The summed E-state index contributed by atoms with van der Waals surface area (Å²) in [7, 11) is 1.65. The summed E-state index contributed by atoms with van der Waals surface area (Å²) in [6, 6.07) is 7.63. The van der Waals surface area contributed by atoms with Crippen molar-refractivity contribution < 1.29 is 19.4 Å². The standard InChI is InChI=1S/C21H30N2O4/c1-14(2)17(11-15-7-4-5-9-18(15)27-3)22-20(26)23-12-16-8-6-10-21(16,13-23)19(24)25/h4-5,7,9,14,16-17H,6,8,10-13H2,1-3H3,(H,22,26)(H,24,25)/t16-,17?,21+/m0/s1. The van der Waals surface area contributed by atoms with Crippen LogP contribution in [0.3, 0.4) is 0 Å². The lowest BCUT2D eigenvalue weighted by Crippen LogP contribution is -2.48. The van der Waals surface area contributed by atoms with E-state index in [1.54, 1.807) is 12.0 Å². The van der Waals surface area contributed by atoms with Crippen molar-refractivity contribution in [1.29, 1.82) is 0 Å². The van der Waals surface area contributed by atoms with Gasteiger partial charge in [-0.15, -0.1) is 0 Å². The van der Waals surface area contributed by atoms with Gasteiger partial charge in [-0.1, -0.05) is 38.5 Å². The quantitative estimate of drug-likeness (QED) is 0.802. The minimum absolute atomic E-state index is 0.0463. The molecule has 1 aliphatic heterocycles. The molecule has 1 aromatic rings. The molecule has 0 bridgehead atoms. The highest BCUT2D eigenvalue weighted by molar-refractivity contribution is 5.80. The molecule has 1 saturated carbocycles. The molecule has 6 nitrogen and oxygen atoms in total. The summed E-state index contributed by atoms with van der Waals surface area (Å²) < 4.78 is 5.43. The third-order valence-electron chi connectivity index (χ3n) is 6.33. The predicted octanol–water partition coefficient (Wildman–Crippen LogP) is 3.16. The van der Waals surface area contributed by atoms with Crippen molar-refractivity contribution in [1.82, 2.24) is 10.2 Å². The second-order valence-electron chi connectivity index (χ2n) is 8.25. The maximum Gasteiger partial charge on any atom is 0.317 e. The van der Waals surface area contributed by atoms with E-state index in [0.29, 0.717) is 25.9 Å². The number of carboxylic acid groups (broad SMARTS) is 1. The number of aliphatic carboxylic acids is 1. The van der Waals surface area contributed by atoms with Gasteiger partial charge in [0.05, 0.1) is 12.5 Å². The molecular formula is C21H30N2O4. The highest BCUT2D eigenvalue weighted by Crippen LogP contribution is 2.48. The summed E-state index contributed by atoms with van der Waals surface area (Å²) in [6.45, 7) is 5.02. The number of ether oxygens (including phenoxy) is 1. The smallest absolute Gasteiger partial charge is 0.317 e. The number of amides is 2. The van der Waals surface area contributed by atoms with Gasteiger partial charge in [-0.3, -0.25) is 4.79 Å². The van der Waals surface area contributed by atoms with E-state index >= 15 is 0 Å². The van der Waals surface area contributed by atoms with Gasteiger partial charge >= 0.3 is 12.0 Å². The van der Waals surface area contributed by atoms with Crippen LogP contribution in [0.2, 0.25) is 0 Å². The first-order valence-corrected chi connectivity index (χ1v) is 9.78. The van der Waals surface area contributed by atoms with Gasteiger partial charge in [-0.05, 0) is 42.7 Å². The number of nitrogens with zero attached hydrogens (tertiary/aromatic N) is 1. The zero-order valence-electron chi connectivity index (χ0n) is 16.4. The molecule has 2 aliphatic rings. The van der Waals surface area contributed by atoms with Crippen LogP contribution in [-0.2, 0) is 11.2 Å². The summed E-state index contributed by atoms with van der Waals surface area (Å²) in [5, 5.41) is 12.9. The Hall–Kier alpha value is -2.24. The number of urea groups is 1. The number of carboxylic acids is 1. The van der Waals surface area contributed by atoms with Gasteiger partial charge in [0.1, 0.15) is 5.75 Å². The molecule has 6 heteroatoms. The zero-order chi connectivity index (χ0) is 19.6. The number of rotatable bonds is 6. The van der Waals surface area contributed by atoms with Gasteiger partial charge in [0.2, 0.25) is 0 Å². The number of likely N-dealkylation sites (tertiary alicyclic amines) is 1. The fraction of sp³-hybridized carbons (Fsp3) is 0.619. The van der Waals surface area contributed by atoms with E-state index in [-0.39, 0.29) is 23.9 Å². The predicted molar refractivity (Wildman–Crippen MR) is 103 cm³/mol. The van der Waals surface area contributed by atoms with Crippen LogP contribution in [0.1, 0.15) is 38.7 Å². The zero-order valence-corrected chi connectivity index (χ0v) is 16.4. The average Bonchev–Trinajstić information content (AvgIpc) is 3.20. The van der Waals surface area contributed by atoms with E-state index in [0.717, 1.165) is 24.2 Å². The minimum Gasteiger partial charge on any atom is -0.496 e. The Labute approximate surface area is 160 Å². The van der Waals surface area contributed by atoms with Crippen LogP contribution >= 0.6 is 0 Å². The number of hydrogen-bond acceptors (Lipinski definition) is 3. The Morgan fingerprint density at radius 3 is 2.74 bits per heavy atom. The third kappa shape index (κ3) is 3.75. The van der Waals surface area contributed by atoms with Gasteiger partial charge < -0.3 is 20.1 Å². The molecule has 0 spiro atoms. The molecule has 0 radical (unpaired) electrons. The van der Waals surface area contributed by atoms with Crippen LogP contribution < -0.4 is 10.1 Å². The first-order chi connectivity index (χ1) is 12.9. The van der Waals surface area contributed by atoms with Crippen molar-refractivity contribution in [2.45, 2.75) is 45.6 Å². The Kier molecular flexibility index (Phi) is 5.63. The molecule has 1 aromatic carbocycles. The number of benzene rings is 1. The molecule has 1 saturated heterocycles. The monoisotopic (exact) mass is 374 g/mol. The van der Waals surface area contributed by atoms with Crippen molar-refractivity contribution in [2.24, 2.45) is 17.3 Å². The van der Waals surface area contributed by atoms with E-state index in [1.165, 1.54) is 0 Å². The van der Waals surface area contributed by atoms with Crippen molar-refractivity contribution in [3.63, 3.8) is 0 Å². The molecule has 1 unspecified atom stereocenters. The summed E-state index contributed by atoms with van der Waals surface area (Å²) in [5.41, 5.74) is 0.312. The highest BCUT2D eigenvalue weighted by Gasteiger charge is 2.55. The minimum atomic E-state index is -0.755. The van der Waals surface area contributed by atoms with Gasteiger partial charge in [0, 0.05) is 19.1 Å². The lowest BCUT2D eigenvalue weighted by atomic mass is 9.81. The van der Waals surface area contributed by atoms with Crippen molar-refractivity contribution in [2.75, 3.05) is 20.2 Å². The van der Waals surface area contributed by atoms with Gasteiger partial charge in [-0.25, -0.2) is 4.79 Å². The van der Waals surface area contributed by atoms with Crippen LogP contribution in [0.25, 0.3) is 0 Å². The Morgan fingerprint density at radius 1 is 1.37 bits per heavy atom. The molecule has 3 rings (SSSR count). The summed E-state index contributed by atoms with van der Waals surface area (Å²) in [4.78, 5) is 26.4. The SMILES string of the molecule is COc1ccccc1CC(NC(=O)N1C[C@@H]2CCC[C@@]2(C(=O)O)C1)C(C)C. The second-order valence-corrected chi connectivity index (χ2v) is 8.25. The van der Waals surface area contributed by atoms with Crippen molar-refractivity contribution >= 4 is 12.0 Å². The molecule has 1 aliphatic carbocycles. The van der Waals surface area contributed by atoms with E-state index in [1.807, 2.05) is 24.3 Å². The Morgan fingerprint density at radius 2 is 2.11 bits per heavy atom. The normalized spacial score (nSPS) is 25.3. The topological polar surface area (TPSA) is 78.9 Å². The van der Waals surface area contributed by atoms with Crippen LogP contribution in [0.15, 0.2) is 24.3 Å². The number of hydrogen-bond donors (Lipinski definition) is 2. The average molecular weight is 374 g/mol. The van der Waals surface area contributed by atoms with Crippen LogP contribution in [-0.4, -0.2) is 48.2 Å². The summed E-state index contributed by atoms with van der Waals surface area (Å²) >= 11 is 0. The number of carbonyl (C=O) groups excluding carboxylic acids is 1. The highest BCUT2D eigenvalue weighted by atomic mass is 16.5. The van der Waals surface area contributed by atoms with E-state index < -0.39 is 11.4 Å². The second kappa shape index (κ2) is 7.79. The van der Waals surface area contributed by atoms with Crippen LogP contribution in [0.5, 0.6) is 5.75 Å². The van der Waals surface area contributed by atoms with Gasteiger partial charge in [0.25, 0.3) is 0 Å². The van der Waals surface area contributed by atoms with E-state index in [9.17, 15) is 14.7 Å². The molecule has 3 atom stereocenters. The molecular weight excluding hydrogens is 344 g/mol. The lowest BCUT2D eigenvalue weighted by molar-refractivity contribution is -0.149. The largest absolute Gasteiger partial charge is 0.496 e. The Balaban J connectivity index is 1.69. The maximum absolute atomic E-state index is 12.9. The summed E-state index contributed by atoms with van der Waals surface area (Å²) in [5.74, 6) is 0.384. The molecule has 148 valence electrons. The molecule has 27 heavy (non-hydrogen) atoms. The van der Waals surface area contributed by atoms with Gasteiger partial charge in [-0.2, -0.15) is 0 Å². The number of nitrogens with one attached hydrogen (secondary N) is 1. The number of para-hydroxylation sites is 1. The molecule has 2 N–H and O–H groups in total. The third-order valence-corrected chi connectivity index (χ3v) is 6.33. The van der Waals surface area contributed by atoms with Crippen molar-refractivity contribution in [3.05, 3.63) is 29.8 Å². The Bertz CT molecular complexity index is 705.